The van der Waals surface area contributed by atoms with Crippen molar-refractivity contribution in [1.29, 1.82) is 0 Å². The Morgan fingerprint density at radius 3 is 2.44 bits per heavy atom. The Morgan fingerprint density at radius 1 is 1.31 bits per heavy atom. The highest BCUT2D eigenvalue weighted by Gasteiger charge is 2.43. The quantitative estimate of drug-likeness (QED) is 0.575. The Labute approximate surface area is 97.5 Å². The lowest BCUT2D eigenvalue weighted by atomic mass is 10.00. The minimum absolute atomic E-state index is 0.106. The summed E-state index contributed by atoms with van der Waals surface area (Å²) in [6.45, 7) is 1.40. The number of hydrogen-bond donors (Lipinski definition) is 3. The fourth-order valence-electron chi connectivity index (χ4n) is 1.45. The summed E-state index contributed by atoms with van der Waals surface area (Å²) in [6, 6.07) is 0. The van der Waals surface area contributed by atoms with Gasteiger partial charge in [0.15, 0.2) is 11.4 Å². The number of aliphatic hydroxyl groups excluding tert-OH is 3. The maximum atomic E-state index is 10.8. The highest BCUT2D eigenvalue weighted by atomic mass is 32.2. The first kappa shape index (κ1) is 13.9. The molecule has 3 unspecified atom stereocenters. The third kappa shape index (κ3) is 3.16. The fraction of sp³-hybridized carbons (Fsp3) is 0.889. The predicted molar refractivity (Wildman–Crippen MR) is 56.8 cm³/mol. The molecule has 0 aromatic heterocycles. The van der Waals surface area contributed by atoms with Crippen molar-refractivity contribution < 1.29 is 29.6 Å². The number of carbonyl (C=O) groups excluding carboxylic acids is 1. The number of ether oxygens (including phenoxy) is 2. The van der Waals surface area contributed by atoms with Crippen LogP contribution in [0.15, 0.2) is 0 Å². The van der Waals surface area contributed by atoms with Gasteiger partial charge < -0.3 is 24.8 Å². The zero-order valence-electron chi connectivity index (χ0n) is 9.07. The zero-order valence-corrected chi connectivity index (χ0v) is 9.88. The molecule has 7 heteroatoms. The number of aliphatic hydroxyl groups is 3. The van der Waals surface area contributed by atoms with E-state index in [0.717, 1.165) is 11.8 Å². The van der Waals surface area contributed by atoms with Gasteiger partial charge in [0, 0.05) is 19.8 Å². The summed E-state index contributed by atoms with van der Waals surface area (Å²) in [5.74, 6) is 0.208. The lowest BCUT2D eigenvalue weighted by molar-refractivity contribution is -0.284. The van der Waals surface area contributed by atoms with Crippen LogP contribution in [0, 0.1) is 0 Å². The smallest absolute Gasteiger partial charge is 0.186 e. The van der Waals surface area contributed by atoms with Gasteiger partial charge in [-0.05, 0) is 0 Å². The Bertz CT molecular complexity index is 246. The van der Waals surface area contributed by atoms with Crippen molar-refractivity contribution >= 4 is 16.9 Å². The van der Waals surface area contributed by atoms with Crippen molar-refractivity contribution in [3.63, 3.8) is 0 Å². The van der Waals surface area contributed by atoms with E-state index < -0.39 is 30.7 Å². The molecule has 0 spiro atoms. The van der Waals surface area contributed by atoms with Crippen LogP contribution in [0.4, 0.5) is 0 Å². The maximum absolute atomic E-state index is 10.8. The molecule has 0 bridgehead atoms. The summed E-state index contributed by atoms with van der Waals surface area (Å²) in [5, 5.41) is 28.5. The van der Waals surface area contributed by atoms with Crippen LogP contribution in [0.5, 0.6) is 0 Å². The molecule has 16 heavy (non-hydrogen) atoms. The highest BCUT2D eigenvalue weighted by molar-refractivity contribution is 8.13. The molecule has 6 nitrogen and oxygen atoms in total. The van der Waals surface area contributed by atoms with Gasteiger partial charge in [0.05, 0.1) is 6.10 Å². The van der Waals surface area contributed by atoms with Crippen LogP contribution in [0.1, 0.15) is 6.92 Å². The van der Waals surface area contributed by atoms with E-state index in [0.29, 0.717) is 0 Å². The van der Waals surface area contributed by atoms with Gasteiger partial charge in [-0.2, -0.15) is 0 Å². The molecule has 1 aliphatic rings. The molecule has 0 aromatic carbocycles. The second kappa shape index (κ2) is 5.95. The Morgan fingerprint density at radius 2 is 1.94 bits per heavy atom. The van der Waals surface area contributed by atoms with Crippen molar-refractivity contribution in [2.24, 2.45) is 0 Å². The number of methoxy groups -OCH3 is 1. The minimum Gasteiger partial charge on any atom is -0.388 e. The van der Waals surface area contributed by atoms with E-state index in [9.17, 15) is 20.1 Å². The fourth-order valence-corrected chi connectivity index (χ4v) is 2.12. The van der Waals surface area contributed by atoms with E-state index in [1.165, 1.54) is 14.0 Å². The lowest BCUT2D eigenvalue weighted by Crippen LogP contribution is -2.58. The molecule has 3 N–H and O–H groups in total. The predicted octanol–water partition coefficient (Wildman–Crippen LogP) is -1.28. The van der Waals surface area contributed by atoms with E-state index in [2.05, 4.69) is 0 Å². The van der Waals surface area contributed by atoms with E-state index >= 15 is 0 Å². The molecule has 0 radical (unpaired) electrons. The van der Waals surface area contributed by atoms with Crippen LogP contribution in [-0.4, -0.2) is 64.0 Å². The van der Waals surface area contributed by atoms with Crippen LogP contribution in [0.3, 0.4) is 0 Å². The molecule has 0 aliphatic carbocycles. The Balaban J connectivity index is 2.60. The standard InChI is InChI=1S/C9H16O6S/c1-4(10)16-3-5-6(11)7(12)8(13)9(14-2)15-5/h5-9,11-13H,3H2,1-2H3/t5?,6-,7?,8?,9+/m0/s1. The van der Waals surface area contributed by atoms with Gasteiger partial charge in [0.25, 0.3) is 0 Å². The molecule has 5 atom stereocenters. The molecule has 1 heterocycles. The van der Waals surface area contributed by atoms with E-state index in [1.54, 1.807) is 0 Å². The van der Waals surface area contributed by atoms with Gasteiger partial charge in [-0.1, -0.05) is 11.8 Å². The molecule has 0 amide bonds. The summed E-state index contributed by atoms with van der Waals surface area (Å²) in [7, 11) is 1.33. The molecule has 0 saturated carbocycles. The SMILES string of the molecule is CO[C@@H]1OC(CSC(C)=O)[C@H](O)C(O)C1O. The number of rotatable bonds is 3. The monoisotopic (exact) mass is 252 g/mol. The van der Waals surface area contributed by atoms with Gasteiger partial charge in [0.1, 0.15) is 18.3 Å². The lowest BCUT2D eigenvalue weighted by Gasteiger charge is -2.39. The van der Waals surface area contributed by atoms with Gasteiger partial charge in [-0.25, -0.2) is 0 Å². The van der Waals surface area contributed by atoms with Crippen molar-refractivity contribution in [2.75, 3.05) is 12.9 Å². The van der Waals surface area contributed by atoms with Gasteiger partial charge >= 0.3 is 0 Å². The first-order valence-corrected chi connectivity index (χ1v) is 5.81. The van der Waals surface area contributed by atoms with Crippen molar-refractivity contribution in [3.8, 4) is 0 Å². The summed E-state index contributed by atoms with van der Waals surface area (Å²) < 4.78 is 10.0. The summed E-state index contributed by atoms with van der Waals surface area (Å²) >= 11 is 0.985. The second-order valence-electron chi connectivity index (χ2n) is 3.55. The summed E-state index contributed by atoms with van der Waals surface area (Å²) in [6.07, 6.45) is -5.59. The maximum Gasteiger partial charge on any atom is 0.186 e. The number of hydrogen-bond acceptors (Lipinski definition) is 7. The summed E-state index contributed by atoms with van der Waals surface area (Å²) in [5.41, 5.74) is 0. The van der Waals surface area contributed by atoms with Crippen LogP contribution in [0.2, 0.25) is 0 Å². The highest BCUT2D eigenvalue weighted by Crippen LogP contribution is 2.24. The number of carbonyl (C=O) groups is 1. The van der Waals surface area contributed by atoms with Crippen LogP contribution in [0.25, 0.3) is 0 Å². The molecule has 1 fully saturated rings. The van der Waals surface area contributed by atoms with Crippen molar-refractivity contribution in [1.82, 2.24) is 0 Å². The van der Waals surface area contributed by atoms with Crippen molar-refractivity contribution in [3.05, 3.63) is 0 Å². The van der Waals surface area contributed by atoms with Gasteiger partial charge in [0.2, 0.25) is 0 Å². The topological polar surface area (TPSA) is 96.2 Å². The Hall–Kier alpha value is -0.180. The average molecular weight is 252 g/mol. The average Bonchev–Trinajstić information content (AvgIpc) is 2.25. The first-order chi connectivity index (χ1) is 7.47. The first-order valence-electron chi connectivity index (χ1n) is 4.83. The van der Waals surface area contributed by atoms with E-state index in [1.807, 2.05) is 0 Å². The largest absolute Gasteiger partial charge is 0.388 e. The van der Waals surface area contributed by atoms with E-state index in [-0.39, 0.29) is 10.9 Å². The van der Waals surface area contributed by atoms with Gasteiger partial charge in [-0.15, -0.1) is 0 Å². The van der Waals surface area contributed by atoms with Crippen LogP contribution in [-0.2, 0) is 14.3 Å². The normalized spacial score (nSPS) is 39.7. The molecule has 94 valence electrons. The van der Waals surface area contributed by atoms with Crippen LogP contribution < -0.4 is 0 Å². The molecule has 1 rings (SSSR count). The second-order valence-corrected chi connectivity index (χ2v) is 4.75. The molecule has 1 saturated heterocycles. The van der Waals surface area contributed by atoms with Crippen molar-refractivity contribution in [2.45, 2.75) is 37.6 Å². The third-order valence-corrected chi connectivity index (χ3v) is 3.25. The zero-order chi connectivity index (χ0) is 12.3. The summed E-state index contributed by atoms with van der Waals surface area (Å²) in [4.78, 5) is 10.8. The minimum atomic E-state index is -1.34. The third-order valence-electron chi connectivity index (χ3n) is 2.35. The van der Waals surface area contributed by atoms with Gasteiger partial charge in [-0.3, -0.25) is 4.79 Å². The Kier molecular flexibility index (Phi) is 5.16. The van der Waals surface area contributed by atoms with E-state index in [4.69, 9.17) is 9.47 Å². The molecule has 1 aliphatic heterocycles. The van der Waals surface area contributed by atoms with Crippen LogP contribution >= 0.6 is 11.8 Å². The number of thioether (sulfide) groups is 1. The molecular formula is C9H16O6S. The molecule has 0 aromatic rings. The molecular weight excluding hydrogens is 236 g/mol.